The zero-order valence-electron chi connectivity index (χ0n) is 12.6. The summed E-state index contributed by atoms with van der Waals surface area (Å²) >= 11 is 7.22. The highest BCUT2D eigenvalue weighted by Gasteiger charge is 2.13. The van der Waals surface area contributed by atoms with Gasteiger partial charge in [0.15, 0.2) is 16.6 Å². The van der Waals surface area contributed by atoms with Gasteiger partial charge in [-0.25, -0.2) is 0 Å². The molecule has 0 aliphatic carbocycles. The first-order chi connectivity index (χ1) is 10.6. The summed E-state index contributed by atoms with van der Waals surface area (Å²) in [6.45, 7) is 3.93. The number of benzene rings is 1. The lowest BCUT2D eigenvalue weighted by molar-refractivity contribution is 0.174. The van der Waals surface area contributed by atoms with E-state index in [0.717, 1.165) is 28.7 Å². The van der Waals surface area contributed by atoms with Crippen LogP contribution in [-0.4, -0.2) is 23.9 Å². The molecule has 0 amide bonds. The molecule has 1 N–H and O–H groups in total. The molecular formula is C16H18N2O2S2. The van der Waals surface area contributed by atoms with Gasteiger partial charge in [-0.2, -0.15) is 0 Å². The van der Waals surface area contributed by atoms with Gasteiger partial charge in [-0.05, 0) is 53.8 Å². The fraction of sp³-hybridized carbons (Fsp3) is 0.312. The topological polar surface area (TPSA) is 33.7 Å². The zero-order valence-corrected chi connectivity index (χ0v) is 14.2. The van der Waals surface area contributed by atoms with Crippen LogP contribution >= 0.6 is 23.6 Å². The number of nitrogens with one attached hydrogen (secondary N) is 1. The number of hydrogen-bond acceptors (Lipinski definition) is 4. The van der Waals surface area contributed by atoms with Crippen LogP contribution in [0.15, 0.2) is 29.6 Å². The summed E-state index contributed by atoms with van der Waals surface area (Å²) in [6, 6.07) is 8.08. The van der Waals surface area contributed by atoms with E-state index < -0.39 is 0 Å². The van der Waals surface area contributed by atoms with E-state index in [0.29, 0.717) is 13.3 Å². The standard InChI is InChI=1S/C16H18N2O2S2/c1-11-5-6-22-15(11)9-18(2)16(21)17-8-12-3-4-13-14(7-12)20-10-19-13/h3-7H,8-10H2,1-2H3,(H,17,21). The molecule has 0 saturated heterocycles. The van der Waals surface area contributed by atoms with E-state index in [4.69, 9.17) is 21.7 Å². The van der Waals surface area contributed by atoms with Gasteiger partial charge in [0.25, 0.3) is 0 Å². The van der Waals surface area contributed by atoms with Crippen LogP contribution in [0, 0.1) is 6.92 Å². The molecule has 1 aliphatic heterocycles. The van der Waals surface area contributed by atoms with Gasteiger partial charge in [0.1, 0.15) is 0 Å². The monoisotopic (exact) mass is 334 g/mol. The Hall–Kier alpha value is -1.79. The van der Waals surface area contributed by atoms with Crippen LogP contribution in [0.2, 0.25) is 0 Å². The SMILES string of the molecule is Cc1ccsc1CN(C)C(=S)NCc1ccc2c(c1)OCO2. The maximum absolute atomic E-state index is 5.46. The molecule has 116 valence electrons. The first-order valence-corrected chi connectivity index (χ1v) is 8.33. The molecule has 0 unspecified atom stereocenters. The molecule has 0 spiro atoms. The van der Waals surface area contributed by atoms with Crippen LogP contribution in [-0.2, 0) is 13.1 Å². The normalized spacial score (nSPS) is 12.3. The van der Waals surface area contributed by atoms with E-state index >= 15 is 0 Å². The van der Waals surface area contributed by atoms with Gasteiger partial charge in [-0.1, -0.05) is 6.07 Å². The average molecular weight is 334 g/mol. The molecule has 1 aliphatic rings. The predicted molar refractivity (Wildman–Crippen MR) is 92.5 cm³/mol. The molecule has 4 nitrogen and oxygen atoms in total. The molecule has 3 rings (SSSR count). The number of nitrogens with zero attached hydrogens (tertiary/aromatic N) is 1. The number of thiocarbonyl (C=S) groups is 1. The van der Waals surface area contributed by atoms with Crippen molar-refractivity contribution in [2.75, 3.05) is 13.8 Å². The maximum Gasteiger partial charge on any atom is 0.231 e. The largest absolute Gasteiger partial charge is 0.454 e. The summed E-state index contributed by atoms with van der Waals surface area (Å²) in [6.07, 6.45) is 0. The van der Waals surface area contributed by atoms with Crippen LogP contribution in [0.3, 0.4) is 0 Å². The number of aryl methyl sites for hydroxylation is 1. The van der Waals surface area contributed by atoms with Crippen molar-refractivity contribution in [3.63, 3.8) is 0 Å². The molecule has 6 heteroatoms. The number of rotatable bonds is 4. The average Bonchev–Trinajstić information content (AvgIpc) is 3.13. The summed E-state index contributed by atoms with van der Waals surface area (Å²) in [5.41, 5.74) is 2.43. The Morgan fingerprint density at radius 3 is 2.91 bits per heavy atom. The van der Waals surface area contributed by atoms with Crippen molar-refractivity contribution in [1.82, 2.24) is 10.2 Å². The molecule has 0 fully saturated rings. The van der Waals surface area contributed by atoms with Crippen molar-refractivity contribution in [3.05, 3.63) is 45.6 Å². The summed E-state index contributed by atoms with van der Waals surface area (Å²) in [5, 5.41) is 6.14. The summed E-state index contributed by atoms with van der Waals surface area (Å²) in [5.74, 6) is 1.60. The van der Waals surface area contributed by atoms with Crippen LogP contribution in [0.4, 0.5) is 0 Å². The van der Waals surface area contributed by atoms with Crippen molar-refractivity contribution in [2.45, 2.75) is 20.0 Å². The third-order valence-corrected chi connectivity index (χ3v) is 5.04. The third kappa shape index (κ3) is 3.34. The predicted octanol–water partition coefficient (Wildman–Crippen LogP) is 3.29. The van der Waals surface area contributed by atoms with Gasteiger partial charge in [-0.15, -0.1) is 11.3 Å². The van der Waals surface area contributed by atoms with E-state index in [1.807, 2.05) is 25.2 Å². The van der Waals surface area contributed by atoms with E-state index in [1.165, 1.54) is 10.4 Å². The molecule has 0 bridgehead atoms. The van der Waals surface area contributed by atoms with Gasteiger partial charge in [0.2, 0.25) is 6.79 Å². The molecule has 1 aromatic carbocycles. The lowest BCUT2D eigenvalue weighted by atomic mass is 10.2. The Balaban J connectivity index is 1.54. The second-order valence-corrected chi connectivity index (χ2v) is 6.62. The Morgan fingerprint density at radius 1 is 1.32 bits per heavy atom. The second-order valence-electron chi connectivity index (χ2n) is 5.23. The Morgan fingerprint density at radius 2 is 2.14 bits per heavy atom. The molecule has 2 aromatic rings. The fourth-order valence-corrected chi connectivity index (χ4v) is 3.31. The zero-order chi connectivity index (χ0) is 15.5. The summed E-state index contributed by atoms with van der Waals surface area (Å²) < 4.78 is 10.7. The molecule has 0 atom stereocenters. The van der Waals surface area contributed by atoms with Crippen LogP contribution in [0.25, 0.3) is 0 Å². The minimum atomic E-state index is 0.299. The van der Waals surface area contributed by atoms with Crippen LogP contribution in [0.5, 0.6) is 11.5 Å². The van der Waals surface area contributed by atoms with Gasteiger partial charge < -0.3 is 19.7 Å². The van der Waals surface area contributed by atoms with Crippen molar-refractivity contribution >= 4 is 28.7 Å². The maximum atomic E-state index is 5.46. The molecule has 1 aromatic heterocycles. The molecule has 22 heavy (non-hydrogen) atoms. The Labute approximate surface area is 139 Å². The number of hydrogen-bond donors (Lipinski definition) is 1. The van der Waals surface area contributed by atoms with Crippen molar-refractivity contribution in [1.29, 1.82) is 0 Å². The lowest BCUT2D eigenvalue weighted by Gasteiger charge is -2.21. The summed E-state index contributed by atoms with van der Waals surface area (Å²) in [7, 11) is 2.01. The lowest BCUT2D eigenvalue weighted by Crippen LogP contribution is -2.36. The number of thiophene rings is 1. The van der Waals surface area contributed by atoms with Crippen molar-refractivity contribution in [2.24, 2.45) is 0 Å². The van der Waals surface area contributed by atoms with Gasteiger partial charge in [0.05, 0.1) is 6.54 Å². The van der Waals surface area contributed by atoms with E-state index in [2.05, 4.69) is 28.6 Å². The molecular weight excluding hydrogens is 316 g/mol. The van der Waals surface area contributed by atoms with Crippen molar-refractivity contribution < 1.29 is 9.47 Å². The van der Waals surface area contributed by atoms with Crippen LogP contribution in [0.1, 0.15) is 16.0 Å². The summed E-state index contributed by atoms with van der Waals surface area (Å²) in [4.78, 5) is 3.40. The molecule has 0 saturated carbocycles. The van der Waals surface area contributed by atoms with Gasteiger partial charge in [-0.3, -0.25) is 0 Å². The Bertz CT molecular complexity index is 685. The second kappa shape index (κ2) is 6.54. The minimum Gasteiger partial charge on any atom is -0.454 e. The van der Waals surface area contributed by atoms with E-state index in [9.17, 15) is 0 Å². The highest BCUT2D eigenvalue weighted by atomic mass is 32.1. The smallest absolute Gasteiger partial charge is 0.231 e. The number of fused-ring (bicyclic) bond motifs is 1. The first kappa shape index (κ1) is 15.1. The third-order valence-electron chi connectivity index (χ3n) is 3.58. The molecule has 2 heterocycles. The minimum absolute atomic E-state index is 0.299. The van der Waals surface area contributed by atoms with Gasteiger partial charge >= 0.3 is 0 Å². The fourth-order valence-electron chi connectivity index (χ4n) is 2.22. The highest BCUT2D eigenvalue weighted by Crippen LogP contribution is 2.32. The quantitative estimate of drug-likeness (QED) is 0.868. The van der Waals surface area contributed by atoms with Crippen molar-refractivity contribution in [3.8, 4) is 11.5 Å². The van der Waals surface area contributed by atoms with Crippen LogP contribution < -0.4 is 14.8 Å². The van der Waals surface area contributed by atoms with Gasteiger partial charge in [0, 0.05) is 18.5 Å². The number of ether oxygens (including phenoxy) is 2. The first-order valence-electron chi connectivity index (χ1n) is 7.04. The highest BCUT2D eigenvalue weighted by molar-refractivity contribution is 7.80. The Kier molecular flexibility index (Phi) is 4.49. The molecule has 0 radical (unpaired) electrons. The van der Waals surface area contributed by atoms with E-state index in [1.54, 1.807) is 11.3 Å². The van der Waals surface area contributed by atoms with E-state index in [-0.39, 0.29) is 0 Å².